The van der Waals surface area contributed by atoms with Gasteiger partial charge < -0.3 is 15.4 Å². The number of amides is 2. The van der Waals surface area contributed by atoms with Gasteiger partial charge >= 0.3 is 0 Å². The van der Waals surface area contributed by atoms with Crippen LogP contribution in [0.5, 0.6) is 0 Å². The van der Waals surface area contributed by atoms with Crippen LogP contribution in [-0.4, -0.2) is 11.8 Å². The van der Waals surface area contributed by atoms with Gasteiger partial charge in [0.25, 0.3) is 5.91 Å². The lowest BCUT2D eigenvalue weighted by Gasteiger charge is -2.12. The van der Waals surface area contributed by atoms with Crippen molar-refractivity contribution in [1.82, 2.24) is 5.32 Å². The first kappa shape index (κ1) is 18.6. The fraction of sp³-hybridized carbons (Fsp3) is 0.158. The lowest BCUT2D eigenvalue weighted by Crippen LogP contribution is -2.22. The first-order valence-corrected chi connectivity index (χ1v) is 8.65. The molecule has 0 aliphatic rings. The topological polar surface area (TPSA) is 70.2 Å². The summed E-state index contributed by atoms with van der Waals surface area (Å²) in [6.07, 6.45) is 1.85. The number of benzene rings is 2. The SMILES string of the molecule is C/C=C(\C)NC(=O)c1ccccc1NSc1ccc(NC(C)=O)cc1. The molecule has 0 saturated carbocycles. The molecule has 0 aliphatic heterocycles. The van der Waals surface area contributed by atoms with E-state index in [-0.39, 0.29) is 11.8 Å². The highest BCUT2D eigenvalue weighted by Gasteiger charge is 2.11. The van der Waals surface area contributed by atoms with E-state index in [0.29, 0.717) is 5.56 Å². The van der Waals surface area contributed by atoms with E-state index in [2.05, 4.69) is 15.4 Å². The maximum absolute atomic E-state index is 12.4. The van der Waals surface area contributed by atoms with Crippen molar-refractivity contribution in [3.63, 3.8) is 0 Å². The van der Waals surface area contributed by atoms with Gasteiger partial charge in [-0.05, 0) is 62.2 Å². The van der Waals surface area contributed by atoms with E-state index in [1.807, 2.05) is 62.4 Å². The van der Waals surface area contributed by atoms with Gasteiger partial charge in [-0.2, -0.15) is 0 Å². The van der Waals surface area contributed by atoms with Crippen molar-refractivity contribution in [3.8, 4) is 0 Å². The largest absolute Gasteiger partial charge is 0.326 e. The summed E-state index contributed by atoms with van der Waals surface area (Å²) in [6, 6.07) is 14.8. The number of para-hydroxylation sites is 1. The minimum Gasteiger partial charge on any atom is -0.326 e. The Balaban J connectivity index is 2.06. The average Bonchev–Trinajstić information content (AvgIpc) is 2.60. The van der Waals surface area contributed by atoms with Crippen LogP contribution in [-0.2, 0) is 4.79 Å². The van der Waals surface area contributed by atoms with Gasteiger partial charge in [0.05, 0.1) is 11.3 Å². The van der Waals surface area contributed by atoms with Gasteiger partial charge in [-0.25, -0.2) is 0 Å². The number of allylic oxidation sites excluding steroid dienone is 2. The number of hydrogen-bond acceptors (Lipinski definition) is 4. The van der Waals surface area contributed by atoms with Crippen LogP contribution in [0, 0.1) is 0 Å². The van der Waals surface area contributed by atoms with Gasteiger partial charge in [0.2, 0.25) is 5.91 Å². The Morgan fingerprint density at radius 1 is 1.00 bits per heavy atom. The zero-order valence-electron chi connectivity index (χ0n) is 14.4. The smallest absolute Gasteiger partial charge is 0.257 e. The van der Waals surface area contributed by atoms with Crippen LogP contribution < -0.4 is 15.4 Å². The Labute approximate surface area is 152 Å². The Morgan fingerprint density at radius 3 is 2.32 bits per heavy atom. The van der Waals surface area contributed by atoms with Crippen molar-refractivity contribution in [1.29, 1.82) is 0 Å². The van der Waals surface area contributed by atoms with Crippen LogP contribution in [0.1, 0.15) is 31.1 Å². The third kappa shape index (κ3) is 5.69. The quantitative estimate of drug-likeness (QED) is 0.671. The number of carbonyl (C=O) groups excluding carboxylic acids is 2. The van der Waals surface area contributed by atoms with Crippen molar-refractivity contribution in [2.24, 2.45) is 0 Å². The third-order valence-electron chi connectivity index (χ3n) is 3.37. The van der Waals surface area contributed by atoms with E-state index in [1.54, 1.807) is 6.07 Å². The molecule has 0 spiro atoms. The molecular formula is C19H21N3O2S. The van der Waals surface area contributed by atoms with E-state index < -0.39 is 0 Å². The van der Waals surface area contributed by atoms with Crippen molar-refractivity contribution < 1.29 is 9.59 Å². The molecule has 2 aromatic rings. The number of rotatable bonds is 6. The van der Waals surface area contributed by atoms with Crippen molar-refractivity contribution >= 4 is 35.1 Å². The van der Waals surface area contributed by atoms with Crippen LogP contribution in [0.4, 0.5) is 11.4 Å². The summed E-state index contributed by atoms with van der Waals surface area (Å²) in [5.74, 6) is -0.254. The predicted molar refractivity (Wildman–Crippen MR) is 104 cm³/mol. The molecule has 0 aromatic heterocycles. The van der Waals surface area contributed by atoms with Gasteiger partial charge in [-0.3, -0.25) is 9.59 Å². The van der Waals surface area contributed by atoms with Crippen LogP contribution in [0.15, 0.2) is 65.2 Å². The zero-order valence-corrected chi connectivity index (χ0v) is 15.2. The molecule has 0 unspecified atom stereocenters. The second kappa shape index (κ2) is 8.94. The Bertz CT molecular complexity index is 786. The molecule has 6 heteroatoms. The molecule has 25 heavy (non-hydrogen) atoms. The fourth-order valence-corrected chi connectivity index (χ4v) is 2.69. The molecule has 0 fully saturated rings. The molecule has 0 heterocycles. The molecule has 3 N–H and O–H groups in total. The minimum absolute atomic E-state index is 0.102. The normalized spacial score (nSPS) is 10.9. The standard InChI is InChI=1S/C19H21N3O2S/c1-4-13(2)20-19(24)17-7-5-6-8-18(17)22-25-16-11-9-15(10-12-16)21-14(3)23/h4-12,22H,1-3H3,(H,20,24)(H,21,23)/b13-4+. The molecule has 0 atom stereocenters. The van der Waals surface area contributed by atoms with Gasteiger partial charge in [-0.15, -0.1) is 0 Å². The number of carbonyl (C=O) groups is 2. The van der Waals surface area contributed by atoms with E-state index in [9.17, 15) is 9.59 Å². The van der Waals surface area contributed by atoms with Crippen LogP contribution in [0.2, 0.25) is 0 Å². The molecule has 2 rings (SSSR count). The molecular weight excluding hydrogens is 334 g/mol. The predicted octanol–water partition coefficient (Wildman–Crippen LogP) is 4.42. The number of anilines is 2. The minimum atomic E-state index is -0.152. The maximum atomic E-state index is 12.4. The second-order valence-electron chi connectivity index (χ2n) is 5.38. The van der Waals surface area contributed by atoms with Gasteiger partial charge in [0.15, 0.2) is 0 Å². The van der Waals surface area contributed by atoms with Crippen LogP contribution in [0.3, 0.4) is 0 Å². The number of hydrogen-bond donors (Lipinski definition) is 3. The summed E-state index contributed by atoms with van der Waals surface area (Å²) in [4.78, 5) is 24.4. The first-order chi connectivity index (χ1) is 12.0. The van der Waals surface area contributed by atoms with Crippen LogP contribution in [0.25, 0.3) is 0 Å². The van der Waals surface area contributed by atoms with Crippen LogP contribution >= 0.6 is 11.9 Å². The molecule has 0 aliphatic carbocycles. The zero-order chi connectivity index (χ0) is 18.2. The molecule has 2 aromatic carbocycles. The van der Waals surface area contributed by atoms with E-state index in [0.717, 1.165) is 22.0 Å². The maximum Gasteiger partial charge on any atom is 0.257 e. The molecule has 5 nitrogen and oxygen atoms in total. The lowest BCUT2D eigenvalue weighted by molar-refractivity contribution is -0.114. The summed E-state index contributed by atoms with van der Waals surface area (Å²) >= 11 is 1.40. The van der Waals surface area contributed by atoms with Crippen molar-refractivity contribution in [2.45, 2.75) is 25.7 Å². The first-order valence-electron chi connectivity index (χ1n) is 7.83. The third-order valence-corrected chi connectivity index (χ3v) is 4.20. The molecule has 2 amide bonds. The van der Waals surface area contributed by atoms with E-state index >= 15 is 0 Å². The number of nitrogens with one attached hydrogen (secondary N) is 3. The Kier molecular flexibility index (Phi) is 6.65. The summed E-state index contributed by atoms with van der Waals surface area (Å²) in [5.41, 5.74) is 2.87. The summed E-state index contributed by atoms with van der Waals surface area (Å²) < 4.78 is 3.21. The summed E-state index contributed by atoms with van der Waals surface area (Å²) in [7, 11) is 0. The second-order valence-corrected chi connectivity index (χ2v) is 6.26. The van der Waals surface area contributed by atoms with Gasteiger partial charge in [0.1, 0.15) is 0 Å². The van der Waals surface area contributed by atoms with Gasteiger partial charge in [0, 0.05) is 23.2 Å². The molecule has 0 saturated heterocycles. The van der Waals surface area contributed by atoms with Crippen molar-refractivity contribution in [3.05, 3.63) is 65.9 Å². The summed E-state index contributed by atoms with van der Waals surface area (Å²) in [6.45, 7) is 5.20. The van der Waals surface area contributed by atoms with E-state index in [4.69, 9.17) is 0 Å². The monoisotopic (exact) mass is 355 g/mol. The highest BCUT2D eigenvalue weighted by atomic mass is 32.2. The molecule has 0 radical (unpaired) electrons. The Morgan fingerprint density at radius 2 is 1.68 bits per heavy atom. The van der Waals surface area contributed by atoms with Gasteiger partial charge in [-0.1, -0.05) is 18.2 Å². The average molecular weight is 355 g/mol. The van der Waals surface area contributed by atoms with Crippen molar-refractivity contribution in [2.75, 3.05) is 10.0 Å². The lowest BCUT2D eigenvalue weighted by atomic mass is 10.1. The summed E-state index contributed by atoms with van der Waals surface area (Å²) in [5, 5.41) is 5.57. The highest BCUT2D eigenvalue weighted by molar-refractivity contribution is 8.00. The molecule has 0 bridgehead atoms. The molecule has 130 valence electrons. The fourth-order valence-electron chi connectivity index (χ4n) is 2.01. The highest BCUT2D eigenvalue weighted by Crippen LogP contribution is 2.25. The Hall–Kier alpha value is -2.73. The van der Waals surface area contributed by atoms with E-state index in [1.165, 1.54) is 18.9 Å².